The lowest BCUT2D eigenvalue weighted by atomic mass is 9.97. The summed E-state index contributed by atoms with van der Waals surface area (Å²) in [7, 11) is 0. The number of hydrogen-bond donors (Lipinski definition) is 3. The Morgan fingerprint density at radius 2 is 1.65 bits per heavy atom. The molecule has 3 rings (SSSR count). The van der Waals surface area contributed by atoms with E-state index in [0.717, 1.165) is 17.5 Å². The van der Waals surface area contributed by atoms with Crippen molar-refractivity contribution in [2.24, 2.45) is 11.8 Å². The number of para-hydroxylation sites is 1. The van der Waals surface area contributed by atoms with Gasteiger partial charge in [-0.1, -0.05) is 45.0 Å². The van der Waals surface area contributed by atoms with E-state index >= 15 is 0 Å². The van der Waals surface area contributed by atoms with E-state index in [2.05, 4.69) is 10.6 Å². The molecular formula is C32H45N3O5. The summed E-state index contributed by atoms with van der Waals surface area (Å²) in [5.74, 6) is -0.282. The van der Waals surface area contributed by atoms with Crippen molar-refractivity contribution in [1.29, 1.82) is 0 Å². The molecular weight excluding hydrogens is 506 g/mol. The van der Waals surface area contributed by atoms with Crippen LogP contribution in [0, 0.1) is 32.6 Å². The molecule has 1 aliphatic rings. The maximum atomic E-state index is 14.4. The molecule has 0 bridgehead atoms. The highest BCUT2D eigenvalue weighted by atomic mass is 16.6. The fourth-order valence-electron chi connectivity index (χ4n) is 4.99. The third kappa shape index (κ3) is 7.77. The Kier molecular flexibility index (Phi) is 9.54. The number of hydrogen-bond acceptors (Lipinski definition) is 5. The normalized spacial score (nSPS) is 18.1. The number of nitrogens with zero attached hydrogens (tertiary/aromatic N) is 1. The molecule has 0 radical (unpaired) electrons. The molecule has 0 saturated heterocycles. The zero-order valence-corrected chi connectivity index (χ0v) is 25.3. The Bertz CT molecular complexity index is 1230. The smallest absolute Gasteiger partial charge is 0.408 e. The number of phenolic OH excluding ortho intramolecular Hbond substituents is 1. The summed E-state index contributed by atoms with van der Waals surface area (Å²) in [6.45, 7) is 16.9. The number of benzene rings is 2. The van der Waals surface area contributed by atoms with Crippen LogP contribution in [-0.4, -0.2) is 45.6 Å². The number of phenols is 1. The van der Waals surface area contributed by atoms with Crippen LogP contribution in [0.1, 0.15) is 82.7 Å². The van der Waals surface area contributed by atoms with Gasteiger partial charge in [-0.15, -0.1) is 0 Å². The van der Waals surface area contributed by atoms with Crippen LogP contribution in [0.5, 0.6) is 5.75 Å². The van der Waals surface area contributed by atoms with Gasteiger partial charge in [0, 0.05) is 11.7 Å². The first-order chi connectivity index (χ1) is 18.6. The van der Waals surface area contributed by atoms with Crippen LogP contribution in [0.3, 0.4) is 0 Å². The third-order valence-corrected chi connectivity index (χ3v) is 7.17. The summed E-state index contributed by atoms with van der Waals surface area (Å²) in [6, 6.07) is 8.74. The summed E-state index contributed by atoms with van der Waals surface area (Å²) < 4.78 is 5.48. The Labute approximate surface area is 238 Å². The number of aryl methyl sites for hydroxylation is 3. The van der Waals surface area contributed by atoms with Crippen LogP contribution >= 0.6 is 0 Å². The first-order valence-electron chi connectivity index (χ1n) is 14.1. The second-order valence-electron chi connectivity index (χ2n) is 12.6. The van der Waals surface area contributed by atoms with E-state index in [9.17, 15) is 19.5 Å². The number of carbonyl (C=O) groups is 3. The minimum Gasteiger partial charge on any atom is -0.508 e. The lowest BCUT2D eigenvalue weighted by Crippen LogP contribution is -2.53. The summed E-state index contributed by atoms with van der Waals surface area (Å²) in [4.78, 5) is 43.0. The number of nitrogens with one attached hydrogen (secondary N) is 2. The summed E-state index contributed by atoms with van der Waals surface area (Å²) in [6.07, 6.45) is 0.458. The van der Waals surface area contributed by atoms with Gasteiger partial charge in [-0.25, -0.2) is 4.79 Å². The van der Waals surface area contributed by atoms with E-state index in [1.165, 1.54) is 0 Å². The van der Waals surface area contributed by atoms with Crippen LogP contribution in [-0.2, 0) is 14.3 Å². The number of aromatic hydroxyl groups is 1. The Morgan fingerprint density at radius 3 is 2.15 bits per heavy atom. The SMILES string of the molecule is Cc1cc(C(C(=O)Nc2c(C)cccc2C)N(C(=O)C(CC(C)C)NC(=O)OC(C)(C)C)C2CC2C)ccc1O. The van der Waals surface area contributed by atoms with E-state index in [0.29, 0.717) is 23.2 Å². The summed E-state index contributed by atoms with van der Waals surface area (Å²) in [5, 5.41) is 16.1. The van der Waals surface area contributed by atoms with Gasteiger partial charge in [0.2, 0.25) is 5.91 Å². The van der Waals surface area contributed by atoms with Gasteiger partial charge in [0.05, 0.1) is 0 Å². The van der Waals surface area contributed by atoms with E-state index < -0.39 is 23.8 Å². The molecule has 0 spiro atoms. The van der Waals surface area contributed by atoms with Crippen molar-refractivity contribution in [3.8, 4) is 5.75 Å². The topological polar surface area (TPSA) is 108 Å². The van der Waals surface area contributed by atoms with E-state index in [-0.39, 0.29) is 35.4 Å². The number of amides is 3. The van der Waals surface area contributed by atoms with Gasteiger partial charge < -0.3 is 25.4 Å². The molecule has 1 saturated carbocycles. The van der Waals surface area contributed by atoms with Crippen molar-refractivity contribution in [2.45, 2.75) is 98.9 Å². The van der Waals surface area contributed by atoms with Crippen molar-refractivity contribution in [3.05, 3.63) is 58.7 Å². The zero-order valence-electron chi connectivity index (χ0n) is 25.3. The molecule has 8 heteroatoms. The molecule has 3 amide bonds. The predicted molar refractivity (Wildman–Crippen MR) is 157 cm³/mol. The summed E-state index contributed by atoms with van der Waals surface area (Å²) >= 11 is 0. The maximum Gasteiger partial charge on any atom is 0.408 e. The highest BCUT2D eigenvalue weighted by Gasteiger charge is 2.48. The average molecular weight is 552 g/mol. The van der Waals surface area contributed by atoms with Crippen LogP contribution in [0.25, 0.3) is 0 Å². The monoisotopic (exact) mass is 551 g/mol. The standard InChI is InChI=1S/C32H45N3O5/c1-18(2)15-24(33-31(39)40-32(7,8)9)30(38)35(25-17-21(25)5)28(23-13-14-26(36)22(6)16-23)29(37)34-27-19(3)11-10-12-20(27)4/h10-14,16,18,21,24-25,28,36H,15,17H2,1-9H3,(H,33,39)(H,34,37). The summed E-state index contributed by atoms with van der Waals surface area (Å²) in [5.41, 5.74) is 3.00. The minimum absolute atomic E-state index is 0.0974. The highest BCUT2D eigenvalue weighted by molar-refractivity contribution is 6.00. The van der Waals surface area contributed by atoms with Crippen LogP contribution < -0.4 is 10.6 Å². The van der Waals surface area contributed by atoms with Crippen LogP contribution in [0.4, 0.5) is 10.5 Å². The van der Waals surface area contributed by atoms with Crippen LogP contribution in [0.2, 0.25) is 0 Å². The Hall–Kier alpha value is -3.55. The van der Waals surface area contributed by atoms with E-state index in [1.807, 2.05) is 52.8 Å². The highest BCUT2D eigenvalue weighted by Crippen LogP contribution is 2.42. The number of carbonyl (C=O) groups excluding carboxylic acids is 3. The zero-order chi connectivity index (χ0) is 29.9. The third-order valence-electron chi connectivity index (χ3n) is 7.17. The second-order valence-corrected chi connectivity index (χ2v) is 12.6. The van der Waals surface area contributed by atoms with Gasteiger partial charge >= 0.3 is 6.09 Å². The quantitative estimate of drug-likeness (QED) is 0.345. The van der Waals surface area contributed by atoms with Crippen molar-refractivity contribution < 1.29 is 24.2 Å². The molecule has 8 nitrogen and oxygen atoms in total. The molecule has 2 aromatic rings. The van der Waals surface area contributed by atoms with Gasteiger partial charge in [-0.05, 0) is 101 Å². The first-order valence-corrected chi connectivity index (χ1v) is 14.1. The molecule has 4 unspecified atom stereocenters. The maximum absolute atomic E-state index is 14.4. The van der Waals surface area contributed by atoms with Gasteiger partial charge in [-0.3, -0.25) is 9.59 Å². The molecule has 2 aromatic carbocycles. The van der Waals surface area contributed by atoms with Crippen molar-refractivity contribution in [3.63, 3.8) is 0 Å². The number of alkyl carbamates (subject to hydrolysis) is 1. The molecule has 218 valence electrons. The van der Waals surface area contributed by atoms with Gasteiger partial charge in [0.25, 0.3) is 5.91 Å². The van der Waals surface area contributed by atoms with Gasteiger partial charge in [0.1, 0.15) is 23.4 Å². The number of ether oxygens (including phenoxy) is 1. The molecule has 4 atom stereocenters. The molecule has 0 heterocycles. The fourth-order valence-corrected chi connectivity index (χ4v) is 4.99. The van der Waals surface area contributed by atoms with E-state index in [1.54, 1.807) is 50.8 Å². The molecule has 1 aliphatic carbocycles. The van der Waals surface area contributed by atoms with Crippen molar-refractivity contribution in [1.82, 2.24) is 10.2 Å². The van der Waals surface area contributed by atoms with Gasteiger partial charge in [0.15, 0.2) is 0 Å². The molecule has 0 aliphatic heterocycles. The average Bonchev–Trinajstić information content (AvgIpc) is 3.55. The Balaban J connectivity index is 2.08. The lowest BCUT2D eigenvalue weighted by molar-refractivity contribution is -0.142. The molecule has 0 aromatic heterocycles. The lowest BCUT2D eigenvalue weighted by Gasteiger charge is -2.35. The van der Waals surface area contributed by atoms with E-state index in [4.69, 9.17) is 4.74 Å². The van der Waals surface area contributed by atoms with Crippen molar-refractivity contribution in [2.75, 3.05) is 5.32 Å². The fraction of sp³-hybridized carbons (Fsp3) is 0.531. The molecule has 3 N–H and O–H groups in total. The predicted octanol–water partition coefficient (Wildman–Crippen LogP) is 6.17. The Morgan fingerprint density at radius 1 is 1.05 bits per heavy atom. The second kappa shape index (κ2) is 12.3. The molecule has 40 heavy (non-hydrogen) atoms. The van der Waals surface area contributed by atoms with Crippen molar-refractivity contribution >= 4 is 23.6 Å². The largest absolute Gasteiger partial charge is 0.508 e. The van der Waals surface area contributed by atoms with Crippen LogP contribution in [0.15, 0.2) is 36.4 Å². The minimum atomic E-state index is -0.976. The number of anilines is 1. The van der Waals surface area contributed by atoms with Gasteiger partial charge in [-0.2, -0.15) is 0 Å². The first kappa shape index (κ1) is 31.0. The number of rotatable bonds is 9. The molecule has 1 fully saturated rings.